The highest BCUT2D eigenvalue weighted by molar-refractivity contribution is 5.89. The third-order valence-corrected chi connectivity index (χ3v) is 4.29. The summed E-state index contributed by atoms with van der Waals surface area (Å²) in [7, 11) is 0. The van der Waals surface area contributed by atoms with E-state index in [1.807, 2.05) is 48.5 Å². The third kappa shape index (κ3) is 3.08. The number of aromatic nitrogens is 2. The van der Waals surface area contributed by atoms with E-state index in [1.54, 1.807) is 6.07 Å². The number of ether oxygens (including phenoxy) is 1. The Labute approximate surface area is 148 Å². The molecule has 2 heterocycles. The average Bonchev–Trinajstić information content (AvgIpc) is 3.08. The summed E-state index contributed by atoms with van der Waals surface area (Å²) in [5.74, 6) is 0.586. The van der Waals surface area contributed by atoms with E-state index in [4.69, 9.17) is 9.84 Å². The van der Waals surface area contributed by atoms with E-state index in [2.05, 4.69) is 9.97 Å². The second-order valence-corrected chi connectivity index (χ2v) is 6.18. The van der Waals surface area contributed by atoms with Crippen molar-refractivity contribution in [3.8, 4) is 17.0 Å². The molecule has 0 aliphatic heterocycles. The van der Waals surface area contributed by atoms with E-state index in [1.165, 1.54) is 0 Å². The summed E-state index contributed by atoms with van der Waals surface area (Å²) in [5.41, 5.74) is 2.81. The molecule has 0 fully saturated rings. The minimum absolute atomic E-state index is 0.0175. The number of pyridine rings is 1. The fourth-order valence-electron chi connectivity index (χ4n) is 2.94. The second-order valence-electron chi connectivity index (χ2n) is 6.18. The molecule has 2 aromatic heterocycles. The lowest BCUT2D eigenvalue weighted by atomic mass is 10.1. The first kappa shape index (κ1) is 16.4. The van der Waals surface area contributed by atoms with Crippen molar-refractivity contribution in [3.63, 3.8) is 0 Å². The average molecular weight is 350 g/mol. The molecular formula is C20H18N2O4. The number of H-pyrrole nitrogens is 2. The first-order valence-corrected chi connectivity index (χ1v) is 8.31. The van der Waals surface area contributed by atoms with Gasteiger partial charge in [-0.15, -0.1) is 0 Å². The minimum Gasteiger partial charge on any atom is -0.491 e. The van der Waals surface area contributed by atoms with Crippen molar-refractivity contribution in [2.45, 2.75) is 6.10 Å². The molecule has 26 heavy (non-hydrogen) atoms. The summed E-state index contributed by atoms with van der Waals surface area (Å²) in [6.07, 6.45) is -0.913. The molecule has 0 aliphatic carbocycles. The van der Waals surface area contributed by atoms with Crippen LogP contribution in [-0.4, -0.2) is 39.5 Å². The van der Waals surface area contributed by atoms with Crippen LogP contribution in [0.4, 0.5) is 0 Å². The molecule has 0 radical (unpaired) electrons. The molecule has 1 unspecified atom stereocenters. The van der Waals surface area contributed by atoms with Crippen molar-refractivity contribution in [2.24, 2.45) is 0 Å². The Morgan fingerprint density at radius 3 is 2.62 bits per heavy atom. The number of para-hydroxylation sites is 1. The Morgan fingerprint density at radius 1 is 0.962 bits per heavy atom. The Morgan fingerprint density at radius 2 is 1.77 bits per heavy atom. The van der Waals surface area contributed by atoms with Crippen LogP contribution in [0.25, 0.3) is 33.1 Å². The standard InChI is InChI=1S/C20H18N2O4/c23-10-14(24)11-26-15-5-6-18-13(7-15)9-19(21-18)16-8-12-3-1-2-4-17(12)22-20(16)25/h1-9,14,21,23-24H,10-11H2,(H,22,25). The van der Waals surface area contributed by atoms with Crippen LogP contribution in [0.15, 0.2) is 59.4 Å². The molecule has 0 spiro atoms. The summed E-state index contributed by atoms with van der Waals surface area (Å²) in [4.78, 5) is 18.6. The van der Waals surface area contributed by atoms with Gasteiger partial charge in [-0.1, -0.05) is 18.2 Å². The normalized spacial score (nSPS) is 12.5. The Kier molecular flexibility index (Phi) is 4.20. The van der Waals surface area contributed by atoms with Crippen LogP contribution in [0.5, 0.6) is 5.75 Å². The molecule has 0 amide bonds. The van der Waals surface area contributed by atoms with Crippen molar-refractivity contribution in [1.29, 1.82) is 0 Å². The number of aliphatic hydroxyl groups is 2. The molecule has 2 aromatic carbocycles. The van der Waals surface area contributed by atoms with E-state index in [0.717, 1.165) is 27.5 Å². The van der Waals surface area contributed by atoms with Gasteiger partial charge in [-0.25, -0.2) is 0 Å². The lowest BCUT2D eigenvalue weighted by Crippen LogP contribution is -2.21. The number of hydrogen-bond donors (Lipinski definition) is 4. The molecule has 1 atom stereocenters. The molecule has 132 valence electrons. The SMILES string of the molecule is O=c1[nH]c2ccccc2cc1-c1cc2cc(OCC(O)CO)ccc2[nH]1. The van der Waals surface area contributed by atoms with E-state index in [-0.39, 0.29) is 18.8 Å². The van der Waals surface area contributed by atoms with Gasteiger partial charge in [-0.3, -0.25) is 4.79 Å². The summed E-state index contributed by atoms with van der Waals surface area (Å²) in [6, 6.07) is 16.9. The Hall–Kier alpha value is -3.09. The molecule has 6 nitrogen and oxygen atoms in total. The molecule has 0 saturated carbocycles. The highest BCUT2D eigenvalue weighted by Gasteiger charge is 2.10. The number of aromatic amines is 2. The lowest BCUT2D eigenvalue weighted by molar-refractivity contribution is 0.0536. The zero-order valence-corrected chi connectivity index (χ0v) is 13.9. The van der Waals surface area contributed by atoms with Gasteiger partial charge >= 0.3 is 0 Å². The molecule has 0 saturated heterocycles. The number of hydrogen-bond acceptors (Lipinski definition) is 4. The topological polar surface area (TPSA) is 98.3 Å². The van der Waals surface area contributed by atoms with E-state index in [9.17, 15) is 9.90 Å². The zero-order valence-electron chi connectivity index (χ0n) is 13.9. The predicted octanol–water partition coefficient (Wildman–Crippen LogP) is 2.41. The second kappa shape index (κ2) is 6.67. The van der Waals surface area contributed by atoms with Gasteiger partial charge in [0.1, 0.15) is 18.5 Å². The van der Waals surface area contributed by atoms with Crippen LogP contribution in [0.2, 0.25) is 0 Å². The predicted molar refractivity (Wildman–Crippen MR) is 100 cm³/mol. The summed E-state index contributed by atoms with van der Waals surface area (Å²) in [6.45, 7) is -0.328. The number of fused-ring (bicyclic) bond motifs is 2. The van der Waals surface area contributed by atoms with E-state index < -0.39 is 6.10 Å². The highest BCUT2D eigenvalue weighted by atomic mass is 16.5. The van der Waals surface area contributed by atoms with Crippen LogP contribution in [0.3, 0.4) is 0 Å². The van der Waals surface area contributed by atoms with Gasteiger partial charge in [0.05, 0.1) is 17.9 Å². The third-order valence-electron chi connectivity index (χ3n) is 4.29. The van der Waals surface area contributed by atoms with Gasteiger partial charge in [0.25, 0.3) is 5.56 Å². The van der Waals surface area contributed by atoms with Crippen LogP contribution < -0.4 is 10.3 Å². The van der Waals surface area contributed by atoms with Crippen molar-refractivity contribution < 1.29 is 14.9 Å². The van der Waals surface area contributed by atoms with Crippen LogP contribution in [-0.2, 0) is 0 Å². The number of aliphatic hydroxyl groups excluding tert-OH is 2. The quantitative estimate of drug-likeness (QED) is 0.444. The van der Waals surface area contributed by atoms with Gasteiger partial charge in [-0.05, 0) is 41.8 Å². The van der Waals surface area contributed by atoms with Crippen LogP contribution >= 0.6 is 0 Å². The fraction of sp³-hybridized carbons (Fsp3) is 0.150. The van der Waals surface area contributed by atoms with Gasteiger partial charge in [0, 0.05) is 16.4 Å². The Bertz CT molecular complexity index is 1130. The fourth-order valence-corrected chi connectivity index (χ4v) is 2.94. The molecule has 0 bridgehead atoms. The van der Waals surface area contributed by atoms with Crippen molar-refractivity contribution in [3.05, 3.63) is 65.0 Å². The smallest absolute Gasteiger partial charge is 0.257 e. The number of benzene rings is 2. The van der Waals surface area contributed by atoms with Gasteiger partial charge in [-0.2, -0.15) is 0 Å². The first-order valence-electron chi connectivity index (χ1n) is 8.31. The Balaban J connectivity index is 1.71. The maximum Gasteiger partial charge on any atom is 0.257 e. The monoisotopic (exact) mass is 350 g/mol. The van der Waals surface area contributed by atoms with Gasteiger partial charge in [0.2, 0.25) is 0 Å². The molecule has 0 aliphatic rings. The number of nitrogens with one attached hydrogen (secondary N) is 2. The molecule has 6 heteroatoms. The molecule has 4 rings (SSSR count). The largest absolute Gasteiger partial charge is 0.491 e. The van der Waals surface area contributed by atoms with Crippen molar-refractivity contribution in [2.75, 3.05) is 13.2 Å². The highest BCUT2D eigenvalue weighted by Crippen LogP contribution is 2.26. The summed E-state index contributed by atoms with van der Waals surface area (Å²) in [5, 5.41) is 20.1. The molecule has 4 aromatic rings. The van der Waals surface area contributed by atoms with E-state index in [0.29, 0.717) is 11.3 Å². The first-order chi connectivity index (χ1) is 12.6. The maximum atomic E-state index is 12.4. The van der Waals surface area contributed by atoms with Gasteiger partial charge in [0.15, 0.2) is 0 Å². The molecule has 4 N–H and O–H groups in total. The van der Waals surface area contributed by atoms with E-state index >= 15 is 0 Å². The van der Waals surface area contributed by atoms with Crippen molar-refractivity contribution in [1.82, 2.24) is 9.97 Å². The number of rotatable bonds is 5. The molecular weight excluding hydrogens is 332 g/mol. The van der Waals surface area contributed by atoms with Crippen molar-refractivity contribution >= 4 is 21.8 Å². The minimum atomic E-state index is -0.913. The van der Waals surface area contributed by atoms with Crippen LogP contribution in [0, 0.1) is 0 Å². The summed E-state index contributed by atoms with van der Waals surface area (Å²) < 4.78 is 5.47. The summed E-state index contributed by atoms with van der Waals surface area (Å²) >= 11 is 0. The van der Waals surface area contributed by atoms with Crippen LogP contribution in [0.1, 0.15) is 0 Å². The zero-order chi connectivity index (χ0) is 18.1. The maximum absolute atomic E-state index is 12.4. The van der Waals surface area contributed by atoms with Gasteiger partial charge < -0.3 is 24.9 Å². The lowest BCUT2D eigenvalue weighted by Gasteiger charge is -2.09.